The Bertz CT molecular complexity index is 1250. The average molecular weight is 418 g/mol. The van der Waals surface area contributed by atoms with Crippen LogP contribution in [0, 0.1) is 11.2 Å². The van der Waals surface area contributed by atoms with Gasteiger partial charge in [0.25, 0.3) is 0 Å². The summed E-state index contributed by atoms with van der Waals surface area (Å²) in [4.78, 5) is 21.1. The van der Waals surface area contributed by atoms with Crippen molar-refractivity contribution in [2.45, 2.75) is 26.3 Å². The van der Waals surface area contributed by atoms with Crippen molar-refractivity contribution in [3.63, 3.8) is 0 Å². The maximum atomic E-state index is 14.2. The highest BCUT2D eigenvalue weighted by atomic mass is 19.1. The van der Waals surface area contributed by atoms with Crippen LogP contribution in [-0.4, -0.2) is 30.8 Å². The third kappa shape index (κ3) is 3.81. The quantitative estimate of drug-likeness (QED) is 0.510. The molecule has 4 aromatic rings. The zero-order valence-electron chi connectivity index (χ0n) is 16.7. The van der Waals surface area contributed by atoms with Gasteiger partial charge < -0.3 is 9.84 Å². The molecular formula is C22H19FN6O2. The molecule has 0 unspecified atom stereocenters. The first-order valence-electron chi connectivity index (χ1n) is 9.89. The maximum Gasteiger partial charge on any atom is 0.231 e. The Morgan fingerprint density at radius 1 is 1.23 bits per heavy atom. The number of halogens is 1. The molecular weight excluding hydrogens is 399 g/mol. The molecule has 1 amide bonds. The molecule has 8 nitrogen and oxygen atoms in total. The van der Waals surface area contributed by atoms with Gasteiger partial charge in [-0.1, -0.05) is 30.3 Å². The predicted octanol–water partition coefficient (Wildman–Crippen LogP) is 3.92. The van der Waals surface area contributed by atoms with Crippen LogP contribution in [0.15, 0.2) is 59.4 Å². The van der Waals surface area contributed by atoms with E-state index in [-0.39, 0.29) is 23.7 Å². The number of aromatic nitrogens is 5. The van der Waals surface area contributed by atoms with Gasteiger partial charge in [0, 0.05) is 23.2 Å². The molecule has 0 atom stereocenters. The second-order valence-electron chi connectivity index (χ2n) is 7.83. The molecule has 1 aliphatic rings. The zero-order chi connectivity index (χ0) is 21.4. The van der Waals surface area contributed by atoms with Crippen molar-refractivity contribution in [2.75, 3.05) is 5.32 Å². The first-order valence-corrected chi connectivity index (χ1v) is 9.89. The highest BCUT2D eigenvalue weighted by Crippen LogP contribution is 2.45. The van der Waals surface area contributed by atoms with Gasteiger partial charge in [0.1, 0.15) is 29.3 Å². The standard InChI is InChI=1S/C22H19FN6O2/c1-22(8-9-22)21(30)26-19-6-10-24-20(25-19)17-12-18(16-7-11-31-28-16)29(27-17)13-14-4-2-3-5-15(14)23/h2-7,10-12H,8-9,13H2,1H3,(H,24,25,26,30). The fraction of sp³-hybridized carbons (Fsp3) is 0.227. The van der Waals surface area contributed by atoms with Gasteiger partial charge in [-0.3, -0.25) is 9.48 Å². The molecule has 0 radical (unpaired) electrons. The van der Waals surface area contributed by atoms with Gasteiger partial charge in [-0.2, -0.15) is 5.10 Å². The molecule has 1 fully saturated rings. The Hall–Kier alpha value is -3.88. The summed E-state index contributed by atoms with van der Waals surface area (Å²) in [7, 11) is 0. The normalized spacial score (nSPS) is 14.4. The Kier molecular flexibility index (Phi) is 4.58. The Morgan fingerprint density at radius 2 is 2.06 bits per heavy atom. The van der Waals surface area contributed by atoms with E-state index in [1.165, 1.54) is 12.3 Å². The zero-order valence-corrected chi connectivity index (χ0v) is 16.7. The number of nitrogens with zero attached hydrogens (tertiary/aromatic N) is 5. The molecule has 1 aliphatic carbocycles. The SMILES string of the molecule is CC1(C(=O)Nc2ccnc(-c3cc(-c4ccon4)n(Cc4ccccc4F)n3)n2)CC1. The summed E-state index contributed by atoms with van der Waals surface area (Å²) >= 11 is 0. The third-order valence-electron chi connectivity index (χ3n) is 5.43. The number of hydrogen-bond donors (Lipinski definition) is 1. The molecule has 0 bridgehead atoms. The minimum absolute atomic E-state index is 0.0504. The van der Waals surface area contributed by atoms with E-state index in [1.807, 2.05) is 6.92 Å². The summed E-state index contributed by atoms with van der Waals surface area (Å²) in [6.07, 6.45) is 4.77. The van der Waals surface area contributed by atoms with Gasteiger partial charge in [0.15, 0.2) is 5.82 Å². The summed E-state index contributed by atoms with van der Waals surface area (Å²) in [6.45, 7) is 2.13. The highest BCUT2D eigenvalue weighted by molar-refractivity contribution is 5.96. The minimum atomic E-state index is -0.319. The molecule has 0 aliphatic heterocycles. The molecule has 9 heteroatoms. The lowest BCUT2D eigenvalue weighted by molar-refractivity contribution is -0.120. The van der Waals surface area contributed by atoms with E-state index in [4.69, 9.17) is 4.52 Å². The molecule has 1 N–H and O–H groups in total. The van der Waals surface area contributed by atoms with E-state index in [9.17, 15) is 9.18 Å². The number of benzene rings is 1. The lowest BCUT2D eigenvalue weighted by Crippen LogP contribution is -2.22. The number of amides is 1. The van der Waals surface area contributed by atoms with Crippen LogP contribution in [0.1, 0.15) is 25.3 Å². The number of carbonyl (C=O) groups excluding carboxylic acids is 1. The highest BCUT2D eigenvalue weighted by Gasteiger charge is 2.45. The molecule has 1 aromatic carbocycles. The van der Waals surface area contributed by atoms with Crippen molar-refractivity contribution >= 4 is 11.7 Å². The van der Waals surface area contributed by atoms with Crippen molar-refractivity contribution in [3.8, 4) is 22.9 Å². The van der Waals surface area contributed by atoms with Crippen molar-refractivity contribution in [1.82, 2.24) is 24.9 Å². The van der Waals surface area contributed by atoms with Crippen LogP contribution in [-0.2, 0) is 11.3 Å². The molecule has 156 valence electrons. The van der Waals surface area contributed by atoms with Crippen LogP contribution in [0.3, 0.4) is 0 Å². The van der Waals surface area contributed by atoms with E-state index >= 15 is 0 Å². The van der Waals surface area contributed by atoms with Gasteiger partial charge >= 0.3 is 0 Å². The number of carbonyl (C=O) groups is 1. The summed E-state index contributed by atoms with van der Waals surface area (Å²) in [5.74, 6) is 0.385. The summed E-state index contributed by atoms with van der Waals surface area (Å²) in [6, 6.07) is 11.6. The van der Waals surface area contributed by atoms with Crippen LogP contribution in [0.5, 0.6) is 0 Å². The van der Waals surface area contributed by atoms with Gasteiger partial charge in [0.05, 0.1) is 12.2 Å². The topological polar surface area (TPSA) is 98.7 Å². The summed E-state index contributed by atoms with van der Waals surface area (Å²) in [5.41, 5.74) is 1.84. The first kappa shape index (κ1) is 19.1. The monoisotopic (exact) mass is 418 g/mol. The number of anilines is 1. The van der Waals surface area contributed by atoms with E-state index in [0.29, 0.717) is 34.3 Å². The molecule has 5 rings (SSSR count). The second kappa shape index (κ2) is 7.42. The number of rotatable bonds is 6. The lowest BCUT2D eigenvalue weighted by atomic mass is 10.1. The molecule has 0 spiro atoms. The van der Waals surface area contributed by atoms with E-state index in [2.05, 4.69) is 25.5 Å². The molecule has 1 saturated carbocycles. The van der Waals surface area contributed by atoms with Crippen LogP contribution in [0.4, 0.5) is 10.2 Å². The average Bonchev–Trinajstić information content (AvgIpc) is 3.17. The fourth-order valence-electron chi connectivity index (χ4n) is 3.22. The number of nitrogens with one attached hydrogen (secondary N) is 1. The lowest BCUT2D eigenvalue weighted by Gasteiger charge is -2.09. The maximum absolute atomic E-state index is 14.2. The minimum Gasteiger partial charge on any atom is -0.364 e. The Morgan fingerprint density at radius 3 is 2.81 bits per heavy atom. The van der Waals surface area contributed by atoms with E-state index < -0.39 is 0 Å². The Balaban J connectivity index is 1.49. The molecule has 3 heterocycles. The van der Waals surface area contributed by atoms with Crippen molar-refractivity contribution in [2.24, 2.45) is 5.41 Å². The van der Waals surface area contributed by atoms with Gasteiger partial charge in [-0.25, -0.2) is 14.4 Å². The molecule has 0 saturated heterocycles. The largest absolute Gasteiger partial charge is 0.364 e. The van der Waals surface area contributed by atoms with Crippen LogP contribution >= 0.6 is 0 Å². The number of hydrogen-bond acceptors (Lipinski definition) is 6. The predicted molar refractivity (Wildman–Crippen MR) is 110 cm³/mol. The van der Waals surface area contributed by atoms with Crippen molar-refractivity contribution < 1.29 is 13.7 Å². The van der Waals surface area contributed by atoms with Crippen LogP contribution in [0.2, 0.25) is 0 Å². The van der Waals surface area contributed by atoms with E-state index in [1.54, 1.807) is 47.3 Å². The van der Waals surface area contributed by atoms with E-state index in [0.717, 1.165) is 12.8 Å². The second-order valence-corrected chi connectivity index (χ2v) is 7.83. The molecule has 3 aromatic heterocycles. The van der Waals surface area contributed by atoms with Crippen LogP contribution < -0.4 is 5.32 Å². The smallest absolute Gasteiger partial charge is 0.231 e. The van der Waals surface area contributed by atoms with Crippen molar-refractivity contribution in [3.05, 3.63) is 66.3 Å². The van der Waals surface area contributed by atoms with Crippen molar-refractivity contribution in [1.29, 1.82) is 0 Å². The van der Waals surface area contributed by atoms with Crippen LogP contribution in [0.25, 0.3) is 22.9 Å². The van der Waals surface area contributed by atoms with Gasteiger partial charge in [-0.15, -0.1) is 0 Å². The van der Waals surface area contributed by atoms with Gasteiger partial charge in [0.2, 0.25) is 5.91 Å². The van der Waals surface area contributed by atoms with Gasteiger partial charge in [-0.05, 0) is 31.0 Å². The fourth-order valence-corrected chi connectivity index (χ4v) is 3.22. The summed E-state index contributed by atoms with van der Waals surface area (Å²) in [5, 5.41) is 11.4. The Labute approximate surface area is 177 Å². The molecule has 31 heavy (non-hydrogen) atoms. The summed E-state index contributed by atoms with van der Waals surface area (Å²) < 4.78 is 20.8. The first-order chi connectivity index (χ1) is 15.0. The third-order valence-corrected chi connectivity index (χ3v) is 5.43.